The Labute approximate surface area is 117 Å². The lowest BCUT2D eigenvalue weighted by Gasteiger charge is -2.20. The quantitative estimate of drug-likeness (QED) is 0.800. The van der Waals surface area contributed by atoms with Crippen LogP contribution in [0.3, 0.4) is 0 Å². The summed E-state index contributed by atoms with van der Waals surface area (Å²) >= 11 is 0. The average Bonchev–Trinajstić information content (AvgIpc) is 2.74. The number of amides is 1. The highest BCUT2D eigenvalue weighted by Gasteiger charge is 2.34. The van der Waals surface area contributed by atoms with Gasteiger partial charge in [0.1, 0.15) is 0 Å². The first-order valence-corrected chi connectivity index (χ1v) is 6.63. The third-order valence-corrected chi connectivity index (χ3v) is 3.81. The van der Waals surface area contributed by atoms with Gasteiger partial charge in [-0.15, -0.1) is 0 Å². The van der Waals surface area contributed by atoms with Gasteiger partial charge in [0.2, 0.25) is 0 Å². The molecule has 0 aliphatic carbocycles. The maximum atomic E-state index is 12.3. The summed E-state index contributed by atoms with van der Waals surface area (Å²) in [6, 6.07) is 16.6. The van der Waals surface area contributed by atoms with Gasteiger partial charge in [0, 0.05) is 24.6 Å². The van der Waals surface area contributed by atoms with Crippen molar-refractivity contribution < 1.29 is 9.59 Å². The Kier molecular flexibility index (Phi) is 3.11. The Balaban J connectivity index is 1.88. The van der Waals surface area contributed by atoms with Gasteiger partial charge >= 0.3 is 0 Å². The van der Waals surface area contributed by atoms with Crippen LogP contribution in [0.1, 0.15) is 38.7 Å². The summed E-state index contributed by atoms with van der Waals surface area (Å²) < 4.78 is 0. The number of Topliss-reactive ketones (excluding diaryl/α,β-unsaturated/α-hetero) is 1. The van der Waals surface area contributed by atoms with Crippen molar-refractivity contribution in [2.45, 2.75) is 12.5 Å². The van der Waals surface area contributed by atoms with Crippen LogP contribution in [0.2, 0.25) is 0 Å². The number of carbonyl (C=O) groups excluding carboxylic acids is 2. The van der Waals surface area contributed by atoms with Crippen LogP contribution in [0.15, 0.2) is 54.6 Å². The van der Waals surface area contributed by atoms with Crippen LogP contribution in [-0.4, -0.2) is 23.6 Å². The lowest BCUT2D eigenvalue weighted by Crippen LogP contribution is -2.25. The van der Waals surface area contributed by atoms with E-state index in [1.165, 1.54) is 0 Å². The van der Waals surface area contributed by atoms with Crippen LogP contribution in [0.25, 0.3) is 0 Å². The molecular formula is C17H15NO2. The van der Waals surface area contributed by atoms with Crippen LogP contribution in [-0.2, 0) is 0 Å². The standard InChI is InChI=1S/C17H15NO2/c1-18-15(11-16(19)12-7-3-2-4-8-12)13-9-5-6-10-14(13)17(18)20/h2-10,15H,11H2,1H3. The lowest BCUT2D eigenvalue weighted by molar-refractivity contribution is 0.0752. The van der Waals surface area contributed by atoms with Crippen molar-refractivity contribution in [1.29, 1.82) is 0 Å². The molecule has 0 fully saturated rings. The molecule has 0 spiro atoms. The first kappa shape index (κ1) is 12.6. The minimum Gasteiger partial charge on any atom is -0.334 e. The Hall–Kier alpha value is -2.42. The molecule has 2 aromatic rings. The Morgan fingerprint density at radius 3 is 2.45 bits per heavy atom. The fourth-order valence-corrected chi connectivity index (χ4v) is 2.69. The van der Waals surface area contributed by atoms with Crippen molar-refractivity contribution in [3.63, 3.8) is 0 Å². The molecule has 3 heteroatoms. The smallest absolute Gasteiger partial charge is 0.254 e. The molecule has 100 valence electrons. The largest absolute Gasteiger partial charge is 0.334 e. The zero-order chi connectivity index (χ0) is 14.1. The van der Waals surface area contributed by atoms with Crippen molar-refractivity contribution in [1.82, 2.24) is 4.90 Å². The summed E-state index contributed by atoms with van der Waals surface area (Å²) in [5.41, 5.74) is 2.35. The second kappa shape index (κ2) is 4.93. The number of fused-ring (bicyclic) bond motifs is 1. The molecule has 1 aliphatic rings. The summed E-state index contributed by atoms with van der Waals surface area (Å²) in [5.74, 6) is 0.0541. The number of benzene rings is 2. The molecule has 0 bridgehead atoms. The molecule has 1 unspecified atom stereocenters. The van der Waals surface area contributed by atoms with Crippen LogP contribution >= 0.6 is 0 Å². The molecule has 1 amide bonds. The number of carbonyl (C=O) groups is 2. The normalized spacial score (nSPS) is 17.1. The van der Waals surface area contributed by atoms with Gasteiger partial charge in [0.25, 0.3) is 5.91 Å². The maximum Gasteiger partial charge on any atom is 0.254 e. The first-order valence-electron chi connectivity index (χ1n) is 6.63. The zero-order valence-electron chi connectivity index (χ0n) is 11.2. The average molecular weight is 265 g/mol. The number of ketones is 1. The van der Waals surface area contributed by atoms with Crippen LogP contribution in [0.4, 0.5) is 0 Å². The summed E-state index contributed by atoms with van der Waals surface area (Å²) in [6.45, 7) is 0. The second-order valence-corrected chi connectivity index (χ2v) is 5.01. The predicted molar refractivity (Wildman–Crippen MR) is 76.7 cm³/mol. The molecule has 2 aromatic carbocycles. The third-order valence-electron chi connectivity index (χ3n) is 3.81. The van der Waals surface area contributed by atoms with E-state index in [1.807, 2.05) is 54.6 Å². The van der Waals surface area contributed by atoms with Crippen LogP contribution in [0, 0.1) is 0 Å². The molecule has 0 N–H and O–H groups in total. The number of nitrogens with zero attached hydrogens (tertiary/aromatic N) is 1. The summed E-state index contributed by atoms with van der Waals surface area (Å²) in [6.07, 6.45) is 0.323. The van der Waals surface area contributed by atoms with Crippen LogP contribution in [0.5, 0.6) is 0 Å². The van der Waals surface area contributed by atoms with E-state index in [9.17, 15) is 9.59 Å². The van der Waals surface area contributed by atoms with Gasteiger partial charge < -0.3 is 4.90 Å². The summed E-state index contributed by atoms with van der Waals surface area (Å²) in [7, 11) is 1.76. The van der Waals surface area contributed by atoms with Gasteiger partial charge in [-0.1, -0.05) is 48.5 Å². The molecule has 0 saturated heterocycles. The molecule has 0 radical (unpaired) electrons. The van der Waals surface area contributed by atoms with Crippen molar-refractivity contribution in [2.75, 3.05) is 7.05 Å². The summed E-state index contributed by atoms with van der Waals surface area (Å²) in [5, 5.41) is 0. The fourth-order valence-electron chi connectivity index (χ4n) is 2.69. The van der Waals surface area contributed by atoms with Crippen molar-refractivity contribution in [3.05, 3.63) is 71.3 Å². The molecule has 1 atom stereocenters. The third kappa shape index (κ3) is 2.01. The highest BCUT2D eigenvalue weighted by atomic mass is 16.2. The van der Waals surface area contributed by atoms with Crippen molar-refractivity contribution in [2.24, 2.45) is 0 Å². The van der Waals surface area contributed by atoms with Gasteiger partial charge in [0.15, 0.2) is 5.78 Å². The van der Waals surface area contributed by atoms with E-state index < -0.39 is 0 Å². The van der Waals surface area contributed by atoms with E-state index in [0.717, 1.165) is 5.56 Å². The molecule has 3 rings (SSSR count). The van der Waals surface area contributed by atoms with E-state index in [1.54, 1.807) is 11.9 Å². The molecule has 1 heterocycles. The van der Waals surface area contributed by atoms with Crippen molar-refractivity contribution in [3.8, 4) is 0 Å². The zero-order valence-corrected chi connectivity index (χ0v) is 11.2. The second-order valence-electron chi connectivity index (χ2n) is 5.01. The maximum absolute atomic E-state index is 12.3. The first-order chi connectivity index (χ1) is 9.68. The van der Waals surface area contributed by atoms with Crippen molar-refractivity contribution >= 4 is 11.7 Å². The minimum atomic E-state index is -0.161. The van der Waals surface area contributed by atoms with E-state index in [-0.39, 0.29) is 17.7 Å². The molecule has 0 aromatic heterocycles. The highest BCUT2D eigenvalue weighted by molar-refractivity contribution is 6.01. The number of hydrogen-bond donors (Lipinski definition) is 0. The molecule has 1 aliphatic heterocycles. The number of hydrogen-bond acceptors (Lipinski definition) is 2. The van der Waals surface area contributed by atoms with Gasteiger partial charge in [-0.05, 0) is 11.6 Å². The van der Waals surface area contributed by atoms with E-state index in [2.05, 4.69) is 0 Å². The van der Waals surface area contributed by atoms with Gasteiger partial charge in [-0.3, -0.25) is 9.59 Å². The SMILES string of the molecule is CN1C(=O)c2ccccc2C1CC(=O)c1ccccc1. The van der Waals surface area contributed by atoms with Gasteiger partial charge in [-0.25, -0.2) is 0 Å². The minimum absolute atomic E-state index is 0.00791. The topological polar surface area (TPSA) is 37.4 Å². The molecule has 0 saturated carbocycles. The predicted octanol–water partition coefficient (Wildman–Crippen LogP) is 3.09. The molecule has 20 heavy (non-hydrogen) atoms. The Morgan fingerprint density at radius 1 is 1.05 bits per heavy atom. The highest BCUT2D eigenvalue weighted by Crippen LogP contribution is 2.35. The summed E-state index contributed by atoms with van der Waals surface area (Å²) in [4.78, 5) is 26.1. The fraction of sp³-hybridized carbons (Fsp3) is 0.176. The molecular weight excluding hydrogens is 250 g/mol. The van der Waals surface area contributed by atoms with E-state index in [0.29, 0.717) is 17.5 Å². The monoisotopic (exact) mass is 265 g/mol. The Morgan fingerprint density at radius 2 is 1.70 bits per heavy atom. The molecule has 3 nitrogen and oxygen atoms in total. The van der Waals surface area contributed by atoms with Gasteiger partial charge in [-0.2, -0.15) is 0 Å². The Bertz CT molecular complexity index is 664. The van der Waals surface area contributed by atoms with Gasteiger partial charge in [0.05, 0.1) is 6.04 Å². The van der Waals surface area contributed by atoms with Crippen LogP contribution < -0.4 is 0 Å². The lowest BCUT2D eigenvalue weighted by atomic mass is 9.97. The van der Waals surface area contributed by atoms with E-state index >= 15 is 0 Å². The van der Waals surface area contributed by atoms with E-state index in [4.69, 9.17) is 0 Å². The number of rotatable bonds is 3.